The first-order valence-electron chi connectivity index (χ1n) is 6.53. The molecule has 1 aliphatic rings. The van der Waals surface area contributed by atoms with Crippen LogP contribution in [0.4, 0.5) is 4.79 Å². The van der Waals surface area contributed by atoms with E-state index in [0.717, 1.165) is 19.3 Å². The van der Waals surface area contributed by atoms with Gasteiger partial charge in [-0.2, -0.15) is 0 Å². The maximum atomic E-state index is 11.6. The molecule has 0 heterocycles. The van der Waals surface area contributed by atoms with Crippen molar-refractivity contribution in [2.75, 3.05) is 0 Å². The number of alkyl carbamates (subject to hydrolysis) is 1. The molecule has 0 spiro atoms. The Labute approximate surface area is 104 Å². The van der Waals surface area contributed by atoms with Gasteiger partial charge in [0.25, 0.3) is 0 Å². The summed E-state index contributed by atoms with van der Waals surface area (Å²) in [6, 6.07) is 0.424. The fourth-order valence-corrected chi connectivity index (χ4v) is 2.31. The molecule has 3 atom stereocenters. The average molecular weight is 242 g/mol. The number of rotatable bonds is 2. The number of hydrogen-bond acceptors (Lipinski definition) is 3. The van der Waals surface area contributed by atoms with Crippen LogP contribution in [0.5, 0.6) is 0 Å². The molecule has 0 saturated heterocycles. The first-order valence-corrected chi connectivity index (χ1v) is 6.53. The maximum absolute atomic E-state index is 11.6. The lowest BCUT2D eigenvalue weighted by Crippen LogP contribution is -2.43. The summed E-state index contributed by atoms with van der Waals surface area (Å²) < 4.78 is 5.25. The van der Waals surface area contributed by atoms with Crippen LogP contribution in [0.25, 0.3) is 0 Å². The van der Waals surface area contributed by atoms with Crippen LogP contribution >= 0.6 is 0 Å². The fraction of sp³-hybridized carbons (Fsp3) is 0.923. The summed E-state index contributed by atoms with van der Waals surface area (Å²) in [5.74, 6) is 0.517. The molecular weight excluding hydrogens is 216 g/mol. The van der Waals surface area contributed by atoms with Gasteiger partial charge in [-0.15, -0.1) is 0 Å². The topological polar surface area (TPSA) is 64.3 Å². The molecule has 1 unspecified atom stereocenters. The van der Waals surface area contributed by atoms with E-state index in [4.69, 9.17) is 10.5 Å². The Balaban J connectivity index is 2.38. The summed E-state index contributed by atoms with van der Waals surface area (Å²) in [5.41, 5.74) is 5.49. The second-order valence-electron chi connectivity index (χ2n) is 6.13. The molecule has 1 aliphatic carbocycles. The molecule has 4 nitrogen and oxygen atoms in total. The summed E-state index contributed by atoms with van der Waals surface area (Å²) in [6.45, 7) is 7.66. The van der Waals surface area contributed by atoms with Crippen LogP contribution in [0.2, 0.25) is 0 Å². The van der Waals surface area contributed by atoms with E-state index in [1.165, 1.54) is 6.42 Å². The zero-order chi connectivity index (χ0) is 13.1. The van der Waals surface area contributed by atoms with Gasteiger partial charge in [0, 0.05) is 12.1 Å². The fourth-order valence-electron chi connectivity index (χ4n) is 2.31. The van der Waals surface area contributed by atoms with Crippen molar-refractivity contribution in [1.29, 1.82) is 0 Å². The standard InChI is InChI=1S/C13H26N2O2/c1-9(14)10-6-5-7-11(8-10)15-12(16)17-13(2,3)4/h9-11H,5-8,14H2,1-4H3,(H,15,16)/t9-,10?,11+/m0/s1. The Bertz CT molecular complexity index is 259. The third-order valence-corrected chi connectivity index (χ3v) is 3.18. The maximum Gasteiger partial charge on any atom is 0.407 e. The number of ether oxygens (including phenoxy) is 1. The van der Waals surface area contributed by atoms with E-state index in [1.807, 2.05) is 27.7 Å². The molecule has 1 saturated carbocycles. The van der Waals surface area contributed by atoms with Crippen LogP contribution in [0.15, 0.2) is 0 Å². The molecule has 1 amide bonds. The Morgan fingerprint density at radius 3 is 2.59 bits per heavy atom. The van der Waals surface area contributed by atoms with Gasteiger partial charge < -0.3 is 15.8 Å². The molecular formula is C13H26N2O2. The minimum absolute atomic E-state index is 0.207. The molecule has 100 valence electrons. The van der Waals surface area contributed by atoms with E-state index in [9.17, 15) is 4.79 Å². The molecule has 0 aromatic rings. The molecule has 17 heavy (non-hydrogen) atoms. The van der Waals surface area contributed by atoms with Crippen molar-refractivity contribution in [3.63, 3.8) is 0 Å². The van der Waals surface area contributed by atoms with Gasteiger partial charge >= 0.3 is 6.09 Å². The Hall–Kier alpha value is -0.770. The lowest BCUT2D eigenvalue weighted by molar-refractivity contribution is 0.0482. The zero-order valence-electron chi connectivity index (χ0n) is 11.5. The van der Waals surface area contributed by atoms with Gasteiger partial charge in [-0.1, -0.05) is 6.42 Å². The Morgan fingerprint density at radius 1 is 1.41 bits per heavy atom. The van der Waals surface area contributed by atoms with Crippen LogP contribution in [-0.2, 0) is 4.74 Å². The minimum Gasteiger partial charge on any atom is -0.444 e. The normalized spacial score (nSPS) is 27.4. The SMILES string of the molecule is C[C@H](N)C1CCC[C@@H](NC(=O)OC(C)(C)C)C1. The molecule has 1 rings (SSSR count). The highest BCUT2D eigenvalue weighted by molar-refractivity contribution is 5.68. The summed E-state index contributed by atoms with van der Waals surface area (Å²) in [4.78, 5) is 11.6. The first kappa shape index (κ1) is 14.3. The van der Waals surface area contributed by atoms with Crippen molar-refractivity contribution in [2.24, 2.45) is 11.7 Å². The third-order valence-electron chi connectivity index (χ3n) is 3.18. The number of nitrogens with two attached hydrogens (primary N) is 1. The monoisotopic (exact) mass is 242 g/mol. The highest BCUT2D eigenvalue weighted by atomic mass is 16.6. The quantitative estimate of drug-likeness (QED) is 0.781. The molecule has 3 N–H and O–H groups in total. The predicted octanol–water partition coefficient (Wildman–Crippen LogP) is 2.42. The van der Waals surface area contributed by atoms with Gasteiger partial charge in [-0.25, -0.2) is 4.79 Å². The molecule has 0 aromatic heterocycles. The van der Waals surface area contributed by atoms with E-state index in [0.29, 0.717) is 5.92 Å². The molecule has 0 radical (unpaired) electrons. The van der Waals surface area contributed by atoms with E-state index in [2.05, 4.69) is 5.32 Å². The summed E-state index contributed by atoms with van der Waals surface area (Å²) in [7, 11) is 0. The van der Waals surface area contributed by atoms with Crippen LogP contribution in [0.3, 0.4) is 0 Å². The largest absolute Gasteiger partial charge is 0.444 e. The van der Waals surface area contributed by atoms with Gasteiger partial charge in [0.2, 0.25) is 0 Å². The van der Waals surface area contributed by atoms with Crippen LogP contribution < -0.4 is 11.1 Å². The van der Waals surface area contributed by atoms with E-state index >= 15 is 0 Å². The van der Waals surface area contributed by atoms with E-state index in [-0.39, 0.29) is 18.2 Å². The van der Waals surface area contributed by atoms with Gasteiger partial charge in [0.1, 0.15) is 5.60 Å². The molecule has 4 heteroatoms. The number of nitrogens with one attached hydrogen (secondary N) is 1. The average Bonchev–Trinajstić information content (AvgIpc) is 2.14. The highest BCUT2D eigenvalue weighted by Gasteiger charge is 2.26. The lowest BCUT2D eigenvalue weighted by Gasteiger charge is -2.32. The van der Waals surface area contributed by atoms with Crippen LogP contribution in [0.1, 0.15) is 53.4 Å². The van der Waals surface area contributed by atoms with Crippen molar-refractivity contribution < 1.29 is 9.53 Å². The number of amides is 1. The number of carbonyl (C=O) groups is 1. The van der Waals surface area contributed by atoms with E-state index in [1.54, 1.807) is 0 Å². The van der Waals surface area contributed by atoms with Crippen molar-refractivity contribution in [3.8, 4) is 0 Å². The molecule has 1 fully saturated rings. The van der Waals surface area contributed by atoms with Gasteiger partial charge in [0.15, 0.2) is 0 Å². The molecule has 0 aliphatic heterocycles. The molecule has 0 aromatic carbocycles. The summed E-state index contributed by atoms with van der Waals surface area (Å²) in [6.07, 6.45) is 3.99. The zero-order valence-corrected chi connectivity index (χ0v) is 11.5. The Kier molecular flexibility index (Phi) is 4.80. The van der Waals surface area contributed by atoms with E-state index < -0.39 is 5.60 Å². The van der Waals surface area contributed by atoms with Crippen molar-refractivity contribution >= 4 is 6.09 Å². The summed E-state index contributed by atoms with van der Waals surface area (Å²) >= 11 is 0. The summed E-state index contributed by atoms with van der Waals surface area (Å²) in [5, 5.41) is 2.94. The second-order valence-corrected chi connectivity index (χ2v) is 6.13. The number of hydrogen-bond donors (Lipinski definition) is 2. The molecule has 0 bridgehead atoms. The first-order chi connectivity index (χ1) is 7.78. The predicted molar refractivity (Wildman–Crippen MR) is 68.8 cm³/mol. The van der Waals surface area contributed by atoms with Crippen molar-refractivity contribution in [1.82, 2.24) is 5.32 Å². The minimum atomic E-state index is -0.431. The van der Waals surface area contributed by atoms with Gasteiger partial charge in [-0.05, 0) is 52.9 Å². The van der Waals surface area contributed by atoms with Crippen molar-refractivity contribution in [3.05, 3.63) is 0 Å². The number of carbonyl (C=O) groups excluding carboxylic acids is 1. The highest BCUT2D eigenvalue weighted by Crippen LogP contribution is 2.26. The van der Waals surface area contributed by atoms with Crippen LogP contribution in [0, 0.1) is 5.92 Å². The smallest absolute Gasteiger partial charge is 0.407 e. The van der Waals surface area contributed by atoms with Gasteiger partial charge in [0.05, 0.1) is 0 Å². The second kappa shape index (κ2) is 5.71. The van der Waals surface area contributed by atoms with Crippen LogP contribution in [-0.4, -0.2) is 23.8 Å². The lowest BCUT2D eigenvalue weighted by atomic mass is 9.82. The third kappa shape index (κ3) is 5.39. The van der Waals surface area contributed by atoms with Gasteiger partial charge in [-0.3, -0.25) is 0 Å². The van der Waals surface area contributed by atoms with Crippen molar-refractivity contribution in [2.45, 2.75) is 71.1 Å². The Morgan fingerprint density at radius 2 is 2.06 bits per heavy atom.